The number of rotatable bonds is 6. The van der Waals surface area contributed by atoms with Crippen molar-refractivity contribution < 1.29 is 8.42 Å². The molecule has 0 heterocycles. The molecule has 0 spiro atoms. The first kappa shape index (κ1) is 14.3. The van der Waals surface area contributed by atoms with Crippen LogP contribution in [-0.4, -0.2) is 36.9 Å². The molecule has 5 heteroatoms. The van der Waals surface area contributed by atoms with Crippen LogP contribution in [0.25, 0.3) is 0 Å². The molecule has 1 saturated carbocycles. The highest BCUT2D eigenvalue weighted by molar-refractivity contribution is 7.89. The zero-order chi connectivity index (χ0) is 12.0. The maximum absolute atomic E-state index is 12.3. The van der Waals surface area contributed by atoms with Gasteiger partial charge in [0.25, 0.3) is 0 Å². The van der Waals surface area contributed by atoms with Gasteiger partial charge in [0.05, 0.1) is 5.25 Å². The lowest BCUT2D eigenvalue weighted by atomic mass is 10.0. The minimum atomic E-state index is -3.07. The van der Waals surface area contributed by atoms with Crippen LogP contribution in [0, 0.1) is 0 Å². The molecule has 0 aromatic rings. The van der Waals surface area contributed by atoms with Crippen LogP contribution in [0.2, 0.25) is 0 Å². The number of sulfonamides is 1. The second-order valence-electron chi connectivity index (χ2n) is 4.34. The maximum atomic E-state index is 12.3. The van der Waals surface area contributed by atoms with E-state index in [9.17, 15) is 8.42 Å². The minimum Gasteiger partial charge on any atom is -0.212 e. The van der Waals surface area contributed by atoms with Gasteiger partial charge >= 0.3 is 0 Å². The van der Waals surface area contributed by atoms with Gasteiger partial charge in [0.2, 0.25) is 10.0 Å². The monoisotopic (exact) mass is 267 g/mol. The van der Waals surface area contributed by atoms with Gasteiger partial charge < -0.3 is 0 Å². The fourth-order valence-corrected chi connectivity index (χ4v) is 4.49. The lowest BCUT2D eigenvalue weighted by molar-refractivity contribution is 0.398. The molecule has 1 aliphatic rings. The minimum absolute atomic E-state index is 0.142. The van der Waals surface area contributed by atoms with Gasteiger partial charge in [-0.05, 0) is 19.3 Å². The van der Waals surface area contributed by atoms with Gasteiger partial charge in [0.1, 0.15) is 0 Å². The third-order valence-corrected chi connectivity index (χ3v) is 5.97. The predicted octanol–water partition coefficient (Wildman–Crippen LogP) is 2.60. The van der Waals surface area contributed by atoms with Crippen molar-refractivity contribution in [3.05, 3.63) is 0 Å². The fraction of sp³-hybridized carbons (Fsp3) is 1.00. The van der Waals surface area contributed by atoms with E-state index in [2.05, 4.69) is 0 Å². The van der Waals surface area contributed by atoms with Crippen molar-refractivity contribution in [2.45, 2.75) is 50.7 Å². The summed E-state index contributed by atoms with van der Waals surface area (Å²) in [5.41, 5.74) is 0. The highest BCUT2D eigenvalue weighted by Crippen LogP contribution is 2.26. The molecule has 16 heavy (non-hydrogen) atoms. The Bertz CT molecular complexity index is 286. The first-order chi connectivity index (χ1) is 7.62. The van der Waals surface area contributed by atoms with Crippen molar-refractivity contribution in [2.24, 2.45) is 0 Å². The molecule has 1 rings (SSSR count). The molecule has 0 atom stereocenters. The Kier molecular flexibility index (Phi) is 6.08. The third kappa shape index (κ3) is 3.60. The number of halogens is 1. The molecule has 0 aromatic carbocycles. The molecule has 0 bridgehead atoms. The zero-order valence-corrected chi connectivity index (χ0v) is 11.6. The van der Waals surface area contributed by atoms with E-state index < -0.39 is 10.0 Å². The lowest BCUT2D eigenvalue weighted by Gasteiger charge is -2.28. The summed E-state index contributed by atoms with van der Waals surface area (Å²) in [6.07, 6.45) is 5.69. The molecule has 0 saturated heterocycles. The highest BCUT2D eigenvalue weighted by Gasteiger charge is 2.31. The molecule has 0 aliphatic heterocycles. The van der Waals surface area contributed by atoms with E-state index in [1.807, 2.05) is 6.92 Å². The van der Waals surface area contributed by atoms with Gasteiger partial charge in [-0.25, -0.2) is 12.7 Å². The summed E-state index contributed by atoms with van der Waals surface area (Å²) in [4.78, 5) is 0. The van der Waals surface area contributed by atoms with E-state index >= 15 is 0 Å². The van der Waals surface area contributed by atoms with E-state index in [1.165, 1.54) is 6.42 Å². The molecule has 0 unspecified atom stereocenters. The SMILES string of the molecule is CCN(CCCCl)S(=O)(=O)C1CCCCC1. The van der Waals surface area contributed by atoms with E-state index in [0.717, 1.165) is 32.1 Å². The standard InChI is InChI=1S/C11H22ClNO2S/c1-2-13(10-6-9-12)16(14,15)11-7-4-3-5-8-11/h11H,2-10H2,1H3. The largest absolute Gasteiger partial charge is 0.216 e. The molecule has 0 N–H and O–H groups in total. The summed E-state index contributed by atoms with van der Waals surface area (Å²) in [7, 11) is -3.07. The van der Waals surface area contributed by atoms with E-state index in [1.54, 1.807) is 4.31 Å². The number of hydrogen-bond donors (Lipinski definition) is 0. The summed E-state index contributed by atoms with van der Waals surface area (Å²) in [6, 6.07) is 0. The normalized spacial score (nSPS) is 19.2. The second-order valence-corrected chi connectivity index (χ2v) is 6.93. The Morgan fingerprint density at radius 3 is 2.38 bits per heavy atom. The molecule has 96 valence electrons. The van der Waals surface area contributed by atoms with Crippen LogP contribution in [0.5, 0.6) is 0 Å². The summed E-state index contributed by atoms with van der Waals surface area (Å²) in [5, 5.41) is -0.142. The van der Waals surface area contributed by atoms with Gasteiger partial charge in [0.15, 0.2) is 0 Å². The molecule has 0 aromatic heterocycles. The van der Waals surface area contributed by atoms with Crippen LogP contribution >= 0.6 is 11.6 Å². The van der Waals surface area contributed by atoms with Gasteiger partial charge in [-0.1, -0.05) is 26.2 Å². The van der Waals surface area contributed by atoms with Crippen molar-refractivity contribution in [1.29, 1.82) is 0 Å². The topological polar surface area (TPSA) is 37.4 Å². The van der Waals surface area contributed by atoms with Crippen molar-refractivity contribution in [3.63, 3.8) is 0 Å². The zero-order valence-electron chi connectivity index (χ0n) is 9.99. The maximum Gasteiger partial charge on any atom is 0.216 e. The molecule has 1 aliphatic carbocycles. The van der Waals surface area contributed by atoms with Crippen molar-refractivity contribution >= 4 is 21.6 Å². The Morgan fingerprint density at radius 2 is 1.88 bits per heavy atom. The molecular weight excluding hydrogens is 246 g/mol. The van der Waals surface area contributed by atoms with Gasteiger partial charge in [-0.3, -0.25) is 0 Å². The van der Waals surface area contributed by atoms with Crippen molar-refractivity contribution in [1.82, 2.24) is 4.31 Å². The van der Waals surface area contributed by atoms with E-state index in [0.29, 0.717) is 19.0 Å². The van der Waals surface area contributed by atoms with E-state index in [4.69, 9.17) is 11.6 Å². The Balaban J connectivity index is 2.64. The average Bonchev–Trinajstić information content (AvgIpc) is 2.31. The summed E-state index contributed by atoms with van der Waals surface area (Å²) in [6.45, 7) is 3.03. The molecule has 3 nitrogen and oxygen atoms in total. The van der Waals surface area contributed by atoms with Gasteiger partial charge in [-0.2, -0.15) is 0 Å². The Morgan fingerprint density at radius 1 is 1.25 bits per heavy atom. The number of alkyl halides is 1. The first-order valence-electron chi connectivity index (χ1n) is 6.17. The van der Waals surface area contributed by atoms with Crippen molar-refractivity contribution in [3.8, 4) is 0 Å². The third-order valence-electron chi connectivity index (χ3n) is 3.23. The van der Waals surface area contributed by atoms with Gasteiger partial charge in [0, 0.05) is 19.0 Å². The Hall–Kier alpha value is 0.200. The van der Waals surface area contributed by atoms with Crippen LogP contribution in [0.3, 0.4) is 0 Å². The number of hydrogen-bond acceptors (Lipinski definition) is 2. The average molecular weight is 268 g/mol. The van der Waals surface area contributed by atoms with Crippen LogP contribution in [-0.2, 0) is 10.0 Å². The Labute approximate surface area is 104 Å². The second kappa shape index (κ2) is 6.82. The molecule has 0 amide bonds. The smallest absolute Gasteiger partial charge is 0.212 e. The van der Waals surface area contributed by atoms with Crippen molar-refractivity contribution in [2.75, 3.05) is 19.0 Å². The van der Waals surface area contributed by atoms with Crippen LogP contribution in [0.15, 0.2) is 0 Å². The fourth-order valence-electron chi connectivity index (χ4n) is 2.28. The van der Waals surface area contributed by atoms with Crippen LogP contribution < -0.4 is 0 Å². The summed E-state index contributed by atoms with van der Waals surface area (Å²) < 4.78 is 26.2. The number of nitrogens with zero attached hydrogens (tertiary/aromatic N) is 1. The molecule has 1 fully saturated rings. The van der Waals surface area contributed by atoms with E-state index in [-0.39, 0.29) is 5.25 Å². The quantitative estimate of drug-likeness (QED) is 0.694. The first-order valence-corrected chi connectivity index (χ1v) is 8.21. The predicted molar refractivity (Wildman–Crippen MR) is 68.4 cm³/mol. The van der Waals surface area contributed by atoms with Crippen LogP contribution in [0.4, 0.5) is 0 Å². The highest BCUT2D eigenvalue weighted by atomic mass is 35.5. The van der Waals surface area contributed by atoms with Gasteiger partial charge in [-0.15, -0.1) is 11.6 Å². The lowest BCUT2D eigenvalue weighted by Crippen LogP contribution is -2.40. The molecule has 0 radical (unpaired) electrons. The summed E-state index contributed by atoms with van der Waals surface area (Å²) in [5.74, 6) is 0.524. The van der Waals surface area contributed by atoms with Crippen LogP contribution in [0.1, 0.15) is 45.4 Å². The molecular formula is C11H22ClNO2S. The summed E-state index contributed by atoms with van der Waals surface area (Å²) >= 11 is 5.62.